The third-order valence-electron chi connectivity index (χ3n) is 2.19. The molecule has 3 N–H and O–H groups in total. The van der Waals surface area contributed by atoms with Gasteiger partial charge < -0.3 is 15.6 Å². The van der Waals surface area contributed by atoms with Gasteiger partial charge in [0.05, 0.1) is 6.04 Å². The van der Waals surface area contributed by atoms with Crippen molar-refractivity contribution in [1.29, 1.82) is 0 Å². The van der Waals surface area contributed by atoms with Crippen molar-refractivity contribution in [3.63, 3.8) is 0 Å². The molecule has 0 spiro atoms. The predicted molar refractivity (Wildman–Crippen MR) is 67.2 cm³/mol. The summed E-state index contributed by atoms with van der Waals surface area (Å²) in [5.41, 5.74) is 5.63. The van der Waals surface area contributed by atoms with Crippen molar-refractivity contribution in [2.24, 2.45) is 7.05 Å². The van der Waals surface area contributed by atoms with Crippen LogP contribution in [0.5, 0.6) is 0 Å². The van der Waals surface area contributed by atoms with E-state index in [1.807, 2.05) is 18.5 Å². The van der Waals surface area contributed by atoms with Gasteiger partial charge in [-0.05, 0) is 22.9 Å². The number of nitrogen functional groups attached to an aromatic ring is 1. The third kappa shape index (κ3) is 2.70. The number of halogens is 1. The molecule has 1 unspecified atom stereocenters. The normalized spacial score (nSPS) is 12.4. The number of hydrogen-bond donors (Lipinski definition) is 2. The van der Waals surface area contributed by atoms with Crippen LogP contribution in [0.1, 0.15) is 18.8 Å². The maximum absolute atomic E-state index is 5.63. The summed E-state index contributed by atoms with van der Waals surface area (Å²) in [6.07, 6.45) is 1.64. The highest BCUT2D eigenvalue weighted by molar-refractivity contribution is 9.10. The lowest BCUT2D eigenvalue weighted by molar-refractivity contribution is 0.712. The summed E-state index contributed by atoms with van der Waals surface area (Å²) in [7, 11) is 1.88. The molecule has 2 aromatic rings. The average Bonchev–Trinajstić information content (AvgIpc) is 2.62. The van der Waals surface area contributed by atoms with E-state index in [1.54, 1.807) is 12.4 Å². The number of aromatic nitrogens is 5. The molecule has 0 radical (unpaired) electrons. The summed E-state index contributed by atoms with van der Waals surface area (Å²) in [6.45, 7) is 1.95. The Bertz CT molecular complexity index is 504. The van der Waals surface area contributed by atoms with E-state index >= 15 is 0 Å². The van der Waals surface area contributed by atoms with Crippen LogP contribution in [-0.4, -0.2) is 24.7 Å². The molecule has 7 nitrogen and oxygen atoms in total. The van der Waals surface area contributed by atoms with E-state index in [0.717, 1.165) is 5.82 Å². The van der Waals surface area contributed by atoms with E-state index in [1.165, 1.54) is 0 Å². The Kier molecular flexibility index (Phi) is 3.23. The fourth-order valence-electron chi connectivity index (χ4n) is 1.44. The standard InChI is InChI=1S/C9H12BrN7/c1-5(8-16-12-4-17(8)2)13-9-14-6(10)3-7(11)15-9/h3-5H,1-2H3,(H3,11,13,14,15). The molecule has 0 aromatic carbocycles. The maximum atomic E-state index is 5.63. The van der Waals surface area contributed by atoms with Crippen LogP contribution < -0.4 is 11.1 Å². The zero-order valence-electron chi connectivity index (χ0n) is 9.42. The SMILES string of the molecule is CC(Nc1nc(N)cc(Br)n1)c1nncn1C. The van der Waals surface area contributed by atoms with Gasteiger partial charge in [-0.3, -0.25) is 0 Å². The fourth-order valence-corrected chi connectivity index (χ4v) is 1.84. The first kappa shape index (κ1) is 11.8. The first-order valence-corrected chi connectivity index (χ1v) is 5.76. The molecular weight excluding hydrogens is 286 g/mol. The predicted octanol–water partition coefficient (Wildman–Crippen LogP) is 1.12. The molecule has 2 aromatic heterocycles. The number of aryl methyl sites for hydroxylation is 1. The summed E-state index contributed by atoms with van der Waals surface area (Å²) in [4.78, 5) is 8.25. The second-order valence-electron chi connectivity index (χ2n) is 3.61. The van der Waals surface area contributed by atoms with Gasteiger partial charge in [0, 0.05) is 13.1 Å². The Morgan fingerprint density at radius 1 is 1.47 bits per heavy atom. The Labute approximate surface area is 107 Å². The first-order chi connectivity index (χ1) is 8.06. The van der Waals surface area contributed by atoms with Crippen molar-refractivity contribution in [2.45, 2.75) is 13.0 Å². The Morgan fingerprint density at radius 3 is 2.82 bits per heavy atom. The minimum absolute atomic E-state index is 0.0591. The zero-order chi connectivity index (χ0) is 12.4. The Hall–Kier alpha value is -1.70. The van der Waals surface area contributed by atoms with Crippen LogP contribution in [0.2, 0.25) is 0 Å². The lowest BCUT2D eigenvalue weighted by Gasteiger charge is -2.13. The van der Waals surface area contributed by atoms with Crippen LogP contribution in [0.15, 0.2) is 17.0 Å². The van der Waals surface area contributed by atoms with E-state index in [9.17, 15) is 0 Å². The molecule has 0 saturated carbocycles. The molecule has 8 heteroatoms. The van der Waals surface area contributed by atoms with Gasteiger partial charge in [0.1, 0.15) is 16.7 Å². The molecule has 0 aliphatic heterocycles. The lowest BCUT2D eigenvalue weighted by Crippen LogP contribution is -2.14. The summed E-state index contributed by atoms with van der Waals surface area (Å²) in [5, 5.41) is 10.9. The van der Waals surface area contributed by atoms with Crippen LogP contribution in [0.4, 0.5) is 11.8 Å². The highest BCUT2D eigenvalue weighted by atomic mass is 79.9. The van der Waals surface area contributed by atoms with Gasteiger partial charge in [0.2, 0.25) is 5.95 Å². The highest BCUT2D eigenvalue weighted by Crippen LogP contribution is 2.17. The Balaban J connectivity index is 2.18. The van der Waals surface area contributed by atoms with E-state index in [-0.39, 0.29) is 6.04 Å². The summed E-state index contributed by atoms with van der Waals surface area (Å²) in [5.74, 6) is 1.65. The molecule has 0 fully saturated rings. The van der Waals surface area contributed by atoms with E-state index < -0.39 is 0 Å². The molecular formula is C9H12BrN7. The van der Waals surface area contributed by atoms with Crippen LogP contribution in [-0.2, 0) is 7.05 Å². The minimum atomic E-state index is -0.0591. The third-order valence-corrected chi connectivity index (χ3v) is 2.60. The van der Waals surface area contributed by atoms with Gasteiger partial charge in [-0.2, -0.15) is 4.98 Å². The van der Waals surface area contributed by atoms with E-state index in [0.29, 0.717) is 16.4 Å². The van der Waals surface area contributed by atoms with Crippen molar-refractivity contribution >= 4 is 27.7 Å². The number of hydrogen-bond acceptors (Lipinski definition) is 6. The summed E-state index contributed by atoms with van der Waals surface area (Å²) >= 11 is 3.26. The second-order valence-corrected chi connectivity index (χ2v) is 4.42. The Morgan fingerprint density at radius 2 is 2.24 bits per heavy atom. The number of anilines is 2. The van der Waals surface area contributed by atoms with Gasteiger partial charge in [0.15, 0.2) is 5.82 Å². The molecule has 1 atom stereocenters. The highest BCUT2D eigenvalue weighted by Gasteiger charge is 2.12. The molecule has 2 rings (SSSR count). The van der Waals surface area contributed by atoms with Crippen molar-refractivity contribution in [3.8, 4) is 0 Å². The summed E-state index contributed by atoms with van der Waals surface area (Å²) < 4.78 is 2.47. The fraction of sp³-hybridized carbons (Fsp3) is 0.333. The zero-order valence-corrected chi connectivity index (χ0v) is 11.0. The number of nitrogens with one attached hydrogen (secondary N) is 1. The summed E-state index contributed by atoms with van der Waals surface area (Å²) in [6, 6.07) is 1.58. The van der Waals surface area contributed by atoms with Gasteiger partial charge in [-0.25, -0.2) is 4.98 Å². The van der Waals surface area contributed by atoms with Gasteiger partial charge in [-0.1, -0.05) is 0 Å². The van der Waals surface area contributed by atoms with Gasteiger partial charge in [-0.15, -0.1) is 10.2 Å². The molecule has 0 bridgehead atoms. The molecule has 17 heavy (non-hydrogen) atoms. The maximum Gasteiger partial charge on any atom is 0.226 e. The molecule has 90 valence electrons. The minimum Gasteiger partial charge on any atom is -0.383 e. The lowest BCUT2D eigenvalue weighted by atomic mass is 10.3. The van der Waals surface area contributed by atoms with E-state index in [4.69, 9.17) is 5.73 Å². The molecule has 0 saturated heterocycles. The topological polar surface area (TPSA) is 94.5 Å². The van der Waals surface area contributed by atoms with Crippen molar-refractivity contribution in [2.75, 3.05) is 11.1 Å². The molecule has 0 amide bonds. The quantitative estimate of drug-likeness (QED) is 0.825. The van der Waals surface area contributed by atoms with Crippen LogP contribution in [0.25, 0.3) is 0 Å². The molecule has 2 heterocycles. The van der Waals surface area contributed by atoms with Gasteiger partial charge >= 0.3 is 0 Å². The number of nitrogens with two attached hydrogens (primary N) is 1. The average molecular weight is 298 g/mol. The van der Waals surface area contributed by atoms with Crippen LogP contribution in [0, 0.1) is 0 Å². The number of rotatable bonds is 3. The first-order valence-electron chi connectivity index (χ1n) is 4.96. The number of nitrogens with zero attached hydrogens (tertiary/aromatic N) is 5. The van der Waals surface area contributed by atoms with Crippen LogP contribution >= 0.6 is 15.9 Å². The van der Waals surface area contributed by atoms with E-state index in [2.05, 4.69) is 41.4 Å². The van der Waals surface area contributed by atoms with Gasteiger partial charge in [0.25, 0.3) is 0 Å². The van der Waals surface area contributed by atoms with Crippen molar-refractivity contribution in [1.82, 2.24) is 24.7 Å². The van der Waals surface area contributed by atoms with Crippen LogP contribution in [0.3, 0.4) is 0 Å². The van der Waals surface area contributed by atoms with Crippen molar-refractivity contribution in [3.05, 3.63) is 22.8 Å². The smallest absolute Gasteiger partial charge is 0.226 e. The molecule has 0 aliphatic carbocycles. The second kappa shape index (κ2) is 4.66. The monoisotopic (exact) mass is 297 g/mol. The largest absolute Gasteiger partial charge is 0.383 e. The van der Waals surface area contributed by atoms with Crippen molar-refractivity contribution < 1.29 is 0 Å². The molecule has 0 aliphatic rings.